The number of para-hydroxylation sites is 1. The first kappa shape index (κ1) is 17.7. The van der Waals surface area contributed by atoms with Gasteiger partial charge < -0.3 is 14.8 Å². The van der Waals surface area contributed by atoms with Crippen molar-refractivity contribution in [3.63, 3.8) is 0 Å². The lowest BCUT2D eigenvalue weighted by atomic mass is 10.1. The zero-order valence-corrected chi connectivity index (χ0v) is 14.8. The van der Waals surface area contributed by atoms with Crippen LogP contribution in [0.2, 0.25) is 0 Å². The van der Waals surface area contributed by atoms with Gasteiger partial charge in [0.1, 0.15) is 5.75 Å². The zero-order chi connectivity index (χ0) is 17.5. The summed E-state index contributed by atoms with van der Waals surface area (Å²) in [6, 6.07) is 12.1. The lowest BCUT2D eigenvalue weighted by molar-refractivity contribution is -0.111. The molecule has 0 saturated heterocycles. The Morgan fingerprint density at radius 3 is 2.58 bits per heavy atom. The minimum absolute atomic E-state index is 0.293. The molecule has 1 N–H and O–H groups in total. The van der Waals surface area contributed by atoms with Gasteiger partial charge in [0.2, 0.25) is 5.91 Å². The molecule has 24 heavy (non-hydrogen) atoms. The molecule has 0 atom stereocenters. The molecule has 2 aromatic carbocycles. The molecule has 0 aliphatic heterocycles. The van der Waals surface area contributed by atoms with Crippen molar-refractivity contribution in [3.05, 3.63) is 64.1 Å². The standard InChI is InChI=1S/C18H16BrNO4/c1-23-16-9-8-13(19)11-12(16)7-10-17(21)20-15-6-4-3-5-14(15)18(22)24-2/h3-11H,1-2H3,(H,20,21). The van der Waals surface area contributed by atoms with Gasteiger partial charge in [0.15, 0.2) is 0 Å². The second kappa shape index (κ2) is 8.31. The Balaban J connectivity index is 2.17. The van der Waals surface area contributed by atoms with Gasteiger partial charge in [-0.2, -0.15) is 0 Å². The minimum Gasteiger partial charge on any atom is -0.496 e. The molecule has 0 aromatic heterocycles. The van der Waals surface area contributed by atoms with Crippen LogP contribution in [-0.2, 0) is 9.53 Å². The van der Waals surface area contributed by atoms with E-state index in [1.807, 2.05) is 12.1 Å². The minimum atomic E-state index is -0.511. The SMILES string of the molecule is COC(=O)c1ccccc1NC(=O)C=Cc1cc(Br)ccc1OC. The second-order valence-corrected chi connectivity index (χ2v) is 5.66. The Morgan fingerprint density at radius 2 is 1.88 bits per heavy atom. The molecule has 0 spiro atoms. The molecule has 1 amide bonds. The number of nitrogens with one attached hydrogen (secondary N) is 1. The summed E-state index contributed by atoms with van der Waals surface area (Å²) in [5.41, 5.74) is 1.44. The average Bonchev–Trinajstić information content (AvgIpc) is 2.60. The molecule has 124 valence electrons. The van der Waals surface area contributed by atoms with E-state index in [4.69, 9.17) is 9.47 Å². The Hall–Kier alpha value is -2.60. The third kappa shape index (κ3) is 4.45. The second-order valence-electron chi connectivity index (χ2n) is 4.75. The van der Waals surface area contributed by atoms with E-state index in [2.05, 4.69) is 21.2 Å². The van der Waals surface area contributed by atoms with Crippen molar-refractivity contribution in [2.45, 2.75) is 0 Å². The van der Waals surface area contributed by atoms with Crippen LogP contribution >= 0.6 is 15.9 Å². The fourth-order valence-corrected chi connectivity index (χ4v) is 2.43. The van der Waals surface area contributed by atoms with Crippen molar-refractivity contribution in [3.8, 4) is 5.75 Å². The fraction of sp³-hybridized carbons (Fsp3) is 0.111. The molecule has 0 fully saturated rings. The van der Waals surface area contributed by atoms with Gasteiger partial charge in [-0.3, -0.25) is 4.79 Å². The number of benzene rings is 2. The topological polar surface area (TPSA) is 64.6 Å². The maximum atomic E-state index is 12.1. The van der Waals surface area contributed by atoms with Gasteiger partial charge in [-0.25, -0.2) is 4.79 Å². The number of hydrogen-bond acceptors (Lipinski definition) is 4. The molecule has 0 bridgehead atoms. The number of esters is 1. The normalized spacial score (nSPS) is 10.5. The number of amides is 1. The molecule has 0 radical (unpaired) electrons. The van der Waals surface area contributed by atoms with Crippen LogP contribution in [0.3, 0.4) is 0 Å². The van der Waals surface area contributed by atoms with E-state index in [0.29, 0.717) is 17.0 Å². The van der Waals surface area contributed by atoms with Crippen LogP contribution in [0.25, 0.3) is 6.08 Å². The molecule has 2 aromatic rings. The van der Waals surface area contributed by atoms with E-state index < -0.39 is 5.97 Å². The highest BCUT2D eigenvalue weighted by molar-refractivity contribution is 9.10. The highest BCUT2D eigenvalue weighted by atomic mass is 79.9. The van der Waals surface area contributed by atoms with Gasteiger partial charge >= 0.3 is 5.97 Å². The first-order chi connectivity index (χ1) is 11.5. The molecule has 0 aliphatic rings. The number of carbonyl (C=O) groups excluding carboxylic acids is 2. The van der Waals surface area contributed by atoms with E-state index in [0.717, 1.165) is 10.0 Å². The number of halogens is 1. The summed E-state index contributed by atoms with van der Waals surface area (Å²) >= 11 is 3.38. The van der Waals surface area contributed by atoms with Crippen molar-refractivity contribution in [2.75, 3.05) is 19.5 Å². The maximum Gasteiger partial charge on any atom is 0.339 e. The number of carbonyl (C=O) groups is 2. The van der Waals surface area contributed by atoms with Crippen LogP contribution in [0.4, 0.5) is 5.69 Å². The number of methoxy groups -OCH3 is 2. The van der Waals surface area contributed by atoms with Gasteiger partial charge in [0, 0.05) is 16.1 Å². The predicted octanol–water partition coefficient (Wildman–Crippen LogP) is 3.90. The largest absolute Gasteiger partial charge is 0.496 e. The van der Waals surface area contributed by atoms with Gasteiger partial charge in [0.05, 0.1) is 25.5 Å². The van der Waals surface area contributed by atoms with Gasteiger partial charge in [-0.05, 0) is 36.4 Å². The van der Waals surface area contributed by atoms with E-state index in [-0.39, 0.29) is 5.91 Å². The molecule has 2 rings (SSSR count). The molecular formula is C18H16BrNO4. The number of ether oxygens (including phenoxy) is 2. The van der Waals surface area contributed by atoms with Crippen LogP contribution in [0, 0.1) is 0 Å². The molecular weight excluding hydrogens is 374 g/mol. The molecule has 0 unspecified atom stereocenters. The average molecular weight is 390 g/mol. The number of hydrogen-bond donors (Lipinski definition) is 1. The summed E-state index contributed by atoms with van der Waals surface area (Å²) in [6.45, 7) is 0. The van der Waals surface area contributed by atoms with Crippen LogP contribution in [0.1, 0.15) is 15.9 Å². The molecule has 6 heteroatoms. The summed E-state index contributed by atoms with van der Waals surface area (Å²) in [4.78, 5) is 23.8. The summed E-state index contributed by atoms with van der Waals surface area (Å²) in [7, 11) is 2.85. The van der Waals surface area contributed by atoms with Crippen molar-refractivity contribution in [1.82, 2.24) is 0 Å². The third-order valence-electron chi connectivity index (χ3n) is 3.20. The van der Waals surface area contributed by atoms with Gasteiger partial charge in [-0.15, -0.1) is 0 Å². The summed E-state index contributed by atoms with van der Waals surface area (Å²) in [5, 5.41) is 2.67. The zero-order valence-electron chi connectivity index (χ0n) is 13.2. The van der Waals surface area contributed by atoms with Gasteiger partial charge in [-0.1, -0.05) is 28.1 Å². The fourth-order valence-electron chi connectivity index (χ4n) is 2.06. The summed E-state index contributed by atoms with van der Waals surface area (Å²) in [5.74, 6) is -0.228. The molecule has 0 saturated carbocycles. The summed E-state index contributed by atoms with van der Waals surface area (Å²) in [6.07, 6.45) is 3.01. The summed E-state index contributed by atoms with van der Waals surface area (Å²) < 4.78 is 10.8. The van der Waals surface area contributed by atoms with Crippen LogP contribution in [0.15, 0.2) is 53.0 Å². The quantitative estimate of drug-likeness (QED) is 0.622. The smallest absolute Gasteiger partial charge is 0.339 e. The molecule has 0 aliphatic carbocycles. The van der Waals surface area contributed by atoms with E-state index in [9.17, 15) is 9.59 Å². The maximum absolute atomic E-state index is 12.1. The Labute approximate surface area is 148 Å². The van der Waals surface area contributed by atoms with Crippen LogP contribution in [0.5, 0.6) is 5.75 Å². The predicted molar refractivity (Wildman–Crippen MR) is 96.1 cm³/mol. The Kier molecular flexibility index (Phi) is 6.14. The Bertz CT molecular complexity index is 786. The lowest BCUT2D eigenvalue weighted by Crippen LogP contribution is -2.12. The third-order valence-corrected chi connectivity index (χ3v) is 3.69. The number of anilines is 1. The first-order valence-electron chi connectivity index (χ1n) is 7.05. The van der Waals surface area contributed by atoms with E-state index in [1.165, 1.54) is 13.2 Å². The highest BCUT2D eigenvalue weighted by Crippen LogP contribution is 2.24. The monoisotopic (exact) mass is 389 g/mol. The number of rotatable bonds is 5. The van der Waals surface area contributed by atoms with Crippen LogP contribution in [-0.4, -0.2) is 26.1 Å². The molecule has 0 heterocycles. The van der Waals surface area contributed by atoms with Crippen molar-refractivity contribution in [2.24, 2.45) is 0 Å². The highest BCUT2D eigenvalue weighted by Gasteiger charge is 2.12. The van der Waals surface area contributed by atoms with Crippen LogP contribution < -0.4 is 10.1 Å². The first-order valence-corrected chi connectivity index (χ1v) is 7.84. The van der Waals surface area contributed by atoms with Crippen molar-refractivity contribution < 1.29 is 19.1 Å². The lowest BCUT2D eigenvalue weighted by Gasteiger charge is -2.08. The van der Waals surface area contributed by atoms with E-state index >= 15 is 0 Å². The van der Waals surface area contributed by atoms with Crippen molar-refractivity contribution in [1.29, 1.82) is 0 Å². The molecule has 5 nitrogen and oxygen atoms in total. The van der Waals surface area contributed by atoms with E-state index in [1.54, 1.807) is 43.5 Å². The van der Waals surface area contributed by atoms with Crippen molar-refractivity contribution >= 4 is 39.6 Å². The Morgan fingerprint density at radius 1 is 1.12 bits per heavy atom. The van der Waals surface area contributed by atoms with Gasteiger partial charge in [0.25, 0.3) is 0 Å².